The third-order valence-corrected chi connectivity index (χ3v) is 7.70. The lowest BCUT2D eigenvalue weighted by atomic mass is 9.98. The Balaban J connectivity index is 1.29. The molecule has 5 nitrogen and oxygen atoms in total. The van der Waals surface area contributed by atoms with Crippen molar-refractivity contribution in [1.29, 1.82) is 0 Å². The van der Waals surface area contributed by atoms with Gasteiger partial charge in [-0.1, -0.05) is 31.2 Å². The molecule has 0 radical (unpaired) electrons. The van der Waals surface area contributed by atoms with Crippen molar-refractivity contribution < 1.29 is 14.3 Å². The minimum atomic E-state index is -0.218. The molecule has 0 bridgehead atoms. The minimum Gasteiger partial charge on any atom is -0.457 e. The van der Waals surface area contributed by atoms with Crippen molar-refractivity contribution in [2.75, 3.05) is 32.7 Å². The zero-order valence-electron chi connectivity index (χ0n) is 19.1. The largest absolute Gasteiger partial charge is 0.457 e. The molecule has 170 valence electrons. The number of carbonyl (C=O) groups excluding carboxylic acids is 2. The molecular weight excluding hydrogens is 419 g/mol. The van der Waals surface area contributed by atoms with Gasteiger partial charge in [0.15, 0.2) is 0 Å². The number of hydrogen-bond acceptors (Lipinski definition) is 4. The fraction of sp³-hybridized carbons (Fsp3) is 0.462. The maximum absolute atomic E-state index is 11.8. The molecule has 1 amide bonds. The number of likely N-dealkylation sites (N-methyl/N-ethyl adjacent to an activating group) is 1. The number of cyclic esters (lactones) is 1. The Morgan fingerprint density at radius 1 is 1.19 bits per heavy atom. The molecule has 1 aliphatic heterocycles. The van der Waals surface area contributed by atoms with Crippen LogP contribution in [0.15, 0.2) is 30.3 Å². The molecule has 2 aliphatic rings. The lowest BCUT2D eigenvalue weighted by Gasteiger charge is -2.26. The highest BCUT2D eigenvalue weighted by atomic mass is 31.0. The van der Waals surface area contributed by atoms with Crippen LogP contribution < -0.4 is 5.30 Å². The number of fused-ring (bicyclic) bond motifs is 2. The van der Waals surface area contributed by atoms with Crippen LogP contribution in [0.1, 0.15) is 57.4 Å². The lowest BCUT2D eigenvalue weighted by molar-refractivity contribution is -0.118. The zero-order chi connectivity index (χ0) is 22.7. The summed E-state index contributed by atoms with van der Waals surface area (Å²) in [6, 6.07) is 10.4. The first-order chi connectivity index (χ1) is 15.5. The van der Waals surface area contributed by atoms with E-state index in [0.29, 0.717) is 18.1 Å². The fourth-order valence-electron chi connectivity index (χ4n) is 4.97. The number of esters is 1. The van der Waals surface area contributed by atoms with Crippen molar-refractivity contribution in [3.05, 3.63) is 63.7 Å². The Kier molecular flexibility index (Phi) is 7.27. The highest BCUT2D eigenvalue weighted by Crippen LogP contribution is 2.35. The summed E-state index contributed by atoms with van der Waals surface area (Å²) in [6.45, 7) is 9.03. The van der Waals surface area contributed by atoms with Crippen molar-refractivity contribution in [2.24, 2.45) is 0 Å². The highest BCUT2D eigenvalue weighted by molar-refractivity contribution is 7.27. The van der Waals surface area contributed by atoms with Gasteiger partial charge in [-0.2, -0.15) is 0 Å². The number of rotatable bonds is 10. The van der Waals surface area contributed by atoms with Crippen molar-refractivity contribution >= 4 is 26.9 Å². The van der Waals surface area contributed by atoms with Crippen LogP contribution in [0, 0.1) is 6.92 Å². The Morgan fingerprint density at radius 3 is 2.81 bits per heavy atom. The molecule has 0 saturated heterocycles. The molecule has 0 fully saturated rings. The van der Waals surface area contributed by atoms with E-state index in [2.05, 4.69) is 46.2 Å². The topological polar surface area (TPSA) is 49.9 Å². The molecule has 1 aliphatic carbocycles. The molecule has 4 rings (SSSR count). The van der Waals surface area contributed by atoms with E-state index >= 15 is 0 Å². The second-order valence-electron chi connectivity index (χ2n) is 8.94. The minimum absolute atomic E-state index is 0.218. The second-order valence-corrected chi connectivity index (χ2v) is 9.56. The van der Waals surface area contributed by atoms with E-state index in [9.17, 15) is 9.59 Å². The summed E-state index contributed by atoms with van der Waals surface area (Å²) in [4.78, 5) is 27.8. The lowest BCUT2D eigenvalue weighted by Crippen LogP contribution is -2.37. The molecule has 2 aromatic rings. The molecule has 2 atom stereocenters. The standard InChI is InChI=1S/C26H33N2O3P/c1-3-27(11-10-19-4-6-24-21(14-19)16-31-26(24)30)12-13-28(17-29)15-20-5-7-22-18(2)25(32)9-8-23(20)22/h4,6,8-9,14,17,20H,3,5,7,10-13,15-16,32H2,1-2H3. The van der Waals surface area contributed by atoms with E-state index in [1.54, 1.807) is 0 Å². The number of carbonyl (C=O) groups is 2. The van der Waals surface area contributed by atoms with Gasteiger partial charge in [-0.3, -0.25) is 4.79 Å². The van der Waals surface area contributed by atoms with Gasteiger partial charge in [0.1, 0.15) is 6.61 Å². The number of ether oxygens (including phenoxy) is 1. The monoisotopic (exact) mass is 452 g/mol. The van der Waals surface area contributed by atoms with Crippen molar-refractivity contribution in [1.82, 2.24) is 9.80 Å². The quantitative estimate of drug-likeness (QED) is 0.316. The predicted octanol–water partition coefficient (Wildman–Crippen LogP) is 3.22. The predicted molar refractivity (Wildman–Crippen MR) is 131 cm³/mol. The van der Waals surface area contributed by atoms with Crippen LogP contribution in [0.2, 0.25) is 0 Å². The summed E-state index contributed by atoms with van der Waals surface area (Å²) in [5, 5.41) is 1.28. The van der Waals surface area contributed by atoms with Gasteiger partial charge in [0.05, 0.1) is 5.56 Å². The number of nitrogens with zero attached hydrogens (tertiary/aromatic N) is 2. The number of amides is 1. The van der Waals surface area contributed by atoms with Gasteiger partial charge in [-0.15, -0.1) is 9.24 Å². The SMILES string of the molecule is CCN(CCc1ccc2c(c1)COC2=O)CCN(C=O)CC1CCc2c1ccc(P)c2C. The summed E-state index contributed by atoms with van der Waals surface area (Å²) < 4.78 is 5.10. The summed E-state index contributed by atoms with van der Waals surface area (Å²) in [5.74, 6) is 0.218. The maximum Gasteiger partial charge on any atom is 0.338 e. The molecule has 2 aromatic carbocycles. The van der Waals surface area contributed by atoms with Crippen molar-refractivity contribution in [2.45, 2.75) is 45.6 Å². The van der Waals surface area contributed by atoms with E-state index in [0.717, 1.165) is 64.0 Å². The Bertz CT molecular complexity index is 1010. The Labute approximate surface area is 193 Å². The van der Waals surface area contributed by atoms with Gasteiger partial charge in [0, 0.05) is 37.7 Å². The smallest absolute Gasteiger partial charge is 0.338 e. The van der Waals surface area contributed by atoms with Crippen LogP contribution in [-0.4, -0.2) is 54.9 Å². The van der Waals surface area contributed by atoms with Gasteiger partial charge in [-0.05, 0) is 66.4 Å². The van der Waals surface area contributed by atoms with Gasteiger partial charge in [0.2, 0.25) is 6.41 Å². The second kappa shape index (κ2) is 10.1. The average molecular weight is 453 g/mol. The molecule has 0 saturated carbocycles. The molecule has 0 spiro atoms. The summed E-state index contributed by atoms with van der Waals surface area (Å²) in [5.41, 5.74) is 7.19. The third-order valence-electron chi connectivity index (χ3n) is 7.08. The first kappa shape index (κ1) is 22.9. The molecular formula is C26H33N2O3P. The normalized spacial score (nSPS) is 16.8. The first-order valence-corrected chi connectivity index (χ1v) is 12.2. The van der Waals surface area contributed by atoms with Gasteiger partial charge in [0.25, 0.3) is 0 Å². The van der Waals surface area contributed by atoms with Crippen LogP contribution in [0.3, 0.4) is 0 Å². The van der Waals surface area contributed by atoms with Gasteiger partial charge >= 0.3 is 5.97 Å². The Hall–Kier alpha value is -2.23. The van der Waals surface area contributed by atoms with Crippen LogP contribution >= 0.6 is 9.24 Å². The summed E-state index contributed by atoms with van der Waals surface area (Å²) >= 11 is 0. The van der Waals surface area contributed by atoms with Crippen molar-refractivity contribution in [3.8, 4) is 0 Å². The van der Waals surface area contributed by atoms with E-state index in [1.165, 1.54) is 27.6 Å². The van der Waals surface area contributed by atoms with Crippen LogP contribution in [0.4, 0.5) is 0 Å². The molecule has 0 aromatic heterocycles. The van der Waals surface area contributed by atoms with E-state index in [1.807, 2.05) is 17.0 Å². The van der Waals surface area contributed by atoms with E-state index < -0.39 is 0 Å². The van der Waals surface area contributed by atoms with Crippen molar-refractivity contribution in [3.63, 3.8) is 0 Å². The van der Waals surface area contributed by atoms with Gasteiger partial charge in [-0.25, -0.2) is 4.79 Å². The fourth-order valence-corrected chi connectivity index (χ4v) is 5.24. The van der Waals surface area contributed by atoms with Crippen LogP contribution in [0.25, 0.3) is 0 Å². The van der Waals surface area contributed by atoms with E-state index in [-0.39, 0.29) is 5.97 Å². The average Bonchev–Trinajstić information content (AvgIpc) is 3.39. The first-order valence-electron chi connectivity index (χ1n) is 11.6. The zero-order valence-corrected chi connectivity index (χ0v) is 20.3. The van der Waals surface area contributed by atoms with Crippen LogP contribution in [0.5, 0.6) is 0 Å². The number of benzene rings is 2. The molecule has 32 heavy (non-hydrogen) atoms. The number of hydrogen-bond donors (Lipinski definition) is 0. The summed E-state index contributed by atoms with van der Waals surface area (Å²) in [7, 11) is 2.83. The van der Waals surface area contributed by atoms with Gasteiger partial charge < -0.3 is 14.5 Å². The van der Waals surface area contributed by atoms with E-state index in [4.69, 9.17) is 4.74 Å². The molecule has 1 heterocycles. The highest BCUT2D eigenvalue weighted by Gasteiger charge is 2.26. The molecule has 0 N–H and O–H groups in total. The van der Waals surface area contributed by atoms with Crippen LogP contribution in [-0.2, 0) is 29.0 Å². The molecule has 2 unspecified atom stereocenters. The maximum atomic E-state index is 11.8. The third kappa shape index (κ3) is 4.89. The Morgan fingerprint density at radius 2 is 2.03 bits per heavy atom. The molecule has 6 heteroatoms. The summed E-state index contributed by atoms with van der Waals surface area (Å²) in [6.07, 6.45) is 4.17.